The number of para-hydroxylation sites is 1. The van der Waals surface area contributed by atoms with E-state index in [1.165, 1.54) is 0 Å². The molecule has 3 aromatic rings. The van der Waals surface area contributed by atoms with Crippen molar-refractivity contribution in [2.75, 3.05) is 7.05 Å². The first kappa shape index (κ1) is 13.6. The van der Waals surface area contributed by atoms with Crippen molar-refractivity contribution in [1.82, 2.24) is 15.5 Å². The van der Waals surface area contributed by atoms with E-state index in [-0.39, 0.29) is 0 Å². The third kappa shape index (κ3) is 3.03. The Labute approximate surface area is 122 Å². The molecule has 0 amide bonds. The number of benzene rings is 1. The van der Waals surface area contributed by atoms with Crippen molar-refractivity contribution in [1.29, 1.82) is 0 Å². The summed E-state index contributed by atoms with van der Waals surface area (Å²) in [5.41, 5.74) is 2.70. The number of aryl methyl sites for hydroxylation is 1. The Balaban J connectivity index is 1.79. The summed E-state index contributed by atoms with van der Waals surface area (Å²) in [6.45, 7) is 2.99. The Bertz CT molecular complexity index is 752. The van der Waals surface area contributed by atoms with Gasteiger partial charge < -0.3 is 14.6 Å². The van der Waals surface area contributed by atoms with Gasteiger partial charge in [0.25, 0.3) is 0 Å². The zero-order chi connectivity index (χ0) is 14.7. The standard InChI is InChI=1S/C16H17N3O2/c1-11-6-7-12-4-3-5-15(16(12)18-11)20-10-14-8-13(9-17-2)19-21-14/h3-8,17H,9-10H2,1-2H3. The maximum absolute atomic E-state index is 5.84. The molecule has 0 saturated heterocycles. The molecule has 0 aliphatic heterocycles. The van der Waals surface area contributed by atoms with Gasteiger partial charge in [0.05, 0.1) is 5.69 Å². The first-order valence-electron chi connectivity index (χ1n) is 6.84. The molecule has 0 atom stereocenters. The monoisotopic (exact) mass is 283 g/mol. The Hall–Kier alpha value is -2.40. The van der Waals surface area contributed by atoms with Crippen molar-refractivity contribution in [2.45, 2.75) is 20.1 Å². The van der Waals surface area contributed by atoms with E-state index >= 15 is 0 Å². The summed E-state index contributed by atoms with van der Waals surface area (Å²) >= 11 is 0. The van der Waals surface area contributed by atoms with Crippen molar-refractivity contribution >= 4 is 10.9 Å². The topological polar surface area (TPSA) is 60.2 Å². The summed E-state index contributed by atoms with van der Waals surface area (Å²) in [6.07, 6.45) is 0. The highest BCUT2D eigenvalue weighted by atomic mass is 16.5. The first-order valence-corrected chi connectivity index (χ1v) is 6.84. The molecule has 0 unspecified atom stereocenters. The number of pyridine rings is 1. The van der Waals surface area contributed by atoms with Gasteiger partial charge in [0, 0.05) is 23.7 Å². The second kappa shape index (κ2) is 5.93. The lowest BCUT2D eigenvalue weighted by Crippen LogP contribution is -2.04. The molecular weight excluding hydrogens is 266 g/mol. The average Bonchev–Trinajstić information content (AvgIpc) is 2.93. The number of ether oxygens (including phenoxy) is 1. The number of nitrogens with one attached hydrogen (secondary N) is 1. The van der Waals surface area contributed by atoms with Crippen LogP contribution in [-0.2, 0) is 13.2 Å². The highest BCUT2D eigenvalue weighted by Gasteiger charge is 2.07. The molecule has 0 spiro atoms. The number of rotatable bonds is 5. The van der Waals surface area contributed by atoms with Crippen LogP contribution in [0.4, 0.5) is 0 Å². The summed E-state index contributed by atoms with van der Waals surface area (Å²) in [7, 11) is 1.87. The van der Waals surface area contributed by atoms with Crippen LogP contribution in [0.3, 0.4) is 0 Å². The third-order valence-corrected chi connectivity index (χ3v) is 3.16. The van der Waals surface area contributed by atoms with Gasteiger partial charge in [0.15, 0.2) is 5.76 Å². The van der Waals surface area contributed by atoms with E-state index in [2.05, 4.69) is 15.5 Å². The normalized spacial score (nSPS) is 11.0. The maximum atomic E-state index is 5.84. The Morgan fingerprint density at radius 3 is 3.00 bits per heavy atom. The lowest BCUT2D eigenvalue weighted by Gasteiger charge is -2.07. The van der Waals surface area contributed by atoms with Gasteiger partial charge in [0.1, 0.15) is 17.9 Å². The van der Waals surface area contributed by atoms with E-state index in [1.807, 2.05) is 50.4 Å². The molecule has 0 radical (unpaired) electrons. The molecule has 0 aliphatic rings. The molecule has 0 fully saturated rings. The van der Waals surface area contributed by atoms with Crippen LogP contribution in [0.15, 0.2) is 40.9 Å². The molecule has 1 aromatic carbocycles. The minimum atomic E-state index is 0.339. The molecule has 5 nitrogen and oxygen atoms in total. The van der Waals surface area contributed by atoms with E-state index in [0.29, 0.717) is 18.9 Å². The smallest absolute Gasteiger partial charge is 0.174 e. The van der Waals surface area contributed by atoms with Gasteiger partial charge in [-0.05, 0) is 26.1 Å². The Morgan fingerprint density at radius 2 is 2.14 bits per heavy atom. The summed E-state index contributed by atoms with van der Waals surface area (Å²) in [6, 6.07) is 11.8. The van der Waals surface area contributed by atoms with Gasteiger partial charge in [-0.2, -0.15) is 0 Å². The van der Waals surface area contributed by atoms with Crippen LogP contribution in [0.5, 0.6) is 5.75 Å². The minimum absolute atomic E-state index is 0.339. The number of aromatic nitrogens is 2. The van der Waals surface area contributed by atoms with Gasteiger partial charge >= 0.3 is 0 Å². The van der Waals surface area contributed by atoms with Crippen LogP contribution in [0, 0.1) is 6.92 Å². The van der Waals surface area contributed by atoms with Gasteiger partial charge in [0.2, 0.25) is 0 Å². The molecule has 21 heavy (non-hydrogen) atoms. The Morgan fingerprint density at radius 1 is 1.24 bits per heavy atom. The molecule has 0 bridgehead atoms. The fourth-order valence-corrected chi connectivity index (χ4v) is 2.17. The summed E-state index contributed by atoms with van der Waals surface area (Å²) in [4.78, 5) is 4.54. The molecule has 0 saturated carbocycles. The van der Waals surface area contributed by atoms with Crippen LogP contribution >= 0.6 is 0 Å². The SMILES string of the molecule is CNCc1cc(COc2cccc3ccc(C)nc23)on1. The highest BCUT2D eigenvalue weighted by molar-refractivity contribution is 5.84. The predicted octanol–water partition coefficient (Wildman–Crippen LogP) is 2.83. The summed E-state index contributed by atoms with van der Waals surface area (Å²) < 4.78 is 11.1. The number of hydrogen-bond donors (Lipinski definition) is 1. The molecule has 3 rings (SSSR count). The molecule has 0 aliphatic carbocycles. The summed E-state index contributed by atoms with van der Waals surface area (Å²) in [5.74, 6) is 1.45. The van der Waals surface area contributed by atoms with Gasteiger partial charge in [-0.15, -0.1) is 0 Å². The van der Waals surface area contributed by atoms with Crippen molar-refractivity contribution in [3.63, 3.8) is 0 Å². The van der Waals surface area contributed by atoms with Gasteiger partial charge in [-0.3, -0.25) is 0 Å². The lowest BCUT2D eigenvalue weighted by atomic mass is 10.2. The van der Waals surface area contributed by atoms with Crippen LogP contribution in [0.2, 0.25) is 0 Å². The van der Waals surface area contributed by atoms with Gasteiger partial charge in [-0.1, -0.05) is 23.4 Å². The van der Waals surface area contributed by atoms with E-state index in [1.54, 1.807) is 0 Å². The molecule has 108 valence electrons. The molecular formula is C16H17N3O2. The second-order valence-corrected chi connectivity index (χ2v) is 4.88. The minimum Gasteiger partial charge on any atom is -0.483 e. The van der Waals surface area contributed by atoms with Crippen LogP contribution < -0.4 is 10.1 Å². The zero-order valence-corrected chi connectivity index (χ0v) is 12.1. The lowest BCUT2D eigenvalue weighted by molar-refractivity contribution is 0.250. The number of hydrogen-bond acceptors (Lipinski definition) is 5. The van der Waals surface area contributed by atoms with E-state index in [0.717, 1.165) is 28.0 Å². The number of nitrogens with zero attached hydrogens (tertiary/aromatic N) is 2. The van der Waals surface area contributed by atoms with E-state index < -0.39 is 0 Å². The molecule has 2 aromatic heterocycles. The maximum Gasteiger partial charge on any atom is 0.174 e. The fraction of sp³-hybridized carbons (Fsp3) is 0.250. The molecule has 5 heteroatoms. The van der Waals surface area contributed by atoms with Crippen molar-refractivity contribution < 1.29 is 9.26 Å². The quantitative estimate of drug-likeness (QED) is 0.780. The third-order valence-electron chi connectivity index (χ3n) is 3.16. The van der Waals surface area contributed by atoms with Crippen LogP contribution in [0.1, 0.15) is 17.1 Å². The number of fused-ring (bicyclic) bond motifs is 1. The first-order chi connectivity index (χ1) is 10.3. The van der Waals surface area contributed by atoms with Crippen LogP contribution in [0.25, 0.3) is 10.9 Å². The molecule has 2 heterocycles. The van der Waals surface area contributed by atoms with Crippen molar-refractivity contribution in [3.05, 3.63) is 53.5 Å². The van der Waals surface area contributed by atoms with Crippen molar-refractivity contribution in [3.8, 4) is 5.75 Å². The zero-order valence-electron chi connectivity index (χ0n) is 12.1. The largest absolute Gasteiger partial charge is 0.483 e. The fourth-order valence-electron chi connectivity index (χ4n) is 2.17. The highest BCUT2D eigenvalue weighted by Crippen LogP contribution is 2.24. The van der Waals surface area contributed by atoms with E-state index in [4.69, 9.17) is 9.26 Å². The van der Waals surface area contributed by atoms with E-state index in [9.17, 15) is 0 Å². The molecule has 1 N–H and O–H groups in total. The van der Waals surface area contributed by atoms with Gasteiger partial charge in [-0.25, -0.2) is 4.98 Å². The van der Waals surface area contributed by atoms with Crippen molar-refractivity contribution in [2.24, 2.45) is 0 Å². The summed E-state index contributed by atoms with van der Waals surface area (Å²) in [5, 5.41) is 8.05. The average molecular weight is 283 g/mol. The predicted molar refractivity (Wildman–Crippen MR) is 80.1 cm³/mol. The second-order valence-electron chi connectivity index (χ2n) is 4.88. The Kier molecular flexibility index (Phi) is 3.83. The van der Waals surface area contributed by atoms with Crippen LogP contribution in [-0.4, -0.2) is 17.2 Å².